The van der Waals surface area contributed by atoms with Crippen LogP contribution >= 0.6 is 23.2 Å². The largest absolute Gasteiger partial charge is 0.417 e. The van der Waals surface area contributed by atoms with Gasteiger partial charge in [0.15, 0.2) is 0 Å². The maximum absolute atomic E-state index is 15.4. The fourth-order valence-corrected chi connectivity index (χ4v) is 4.74. The van der Waals surface area contributed by atoms with Gasteiger partial charge in [-0.2, -0.15) is 13.2 Å². The van der Waals surface area contributed by atoms with Crippen molar-refractivity contribution in [3.63, 3.8) is 0 Å². The number of anilines is 1. The number of aromatic amines is 1. The van der Waals surface area contributed by atoms with E-state index in [0.29, 0.717) is 47.9 Å². The third-order valence-corrected chi connectivity index (χ3v) is 6.53. The van der Waals surface area contributed by atoms with Crippen molar-refractivity contribution in [2.45, 2.75) is 32.5 Å². The highest BCUT2D eigenvalue weighted by Gasteiger charge is 2.37. The summed E-state index contributed by atoms with van der Waals surface area (Å²) in [6, 6.07) is 4.34. The second kappa shape index (κ2) is 10.7. The number of halogens is 6. The van der Waals surface area contributed by atoms with E-state index in [1.807, 2.05) is 4.90 Å². The zero-order valence-corrected chi connectivity index (χ0v) is 20.9. The highest BCUT2D eigenvalue weighted by atomic mass is 35.5. The predicted octanol–water partition coefficient (Wildman–Crippen LogP) is 5.14. The smallest absolute Gasteiger partial charge is 0.355 e. The van der Waals surface area contributed by atoms with Crippen LogP contribution in [0.5, 0.6) is 0 Å². The molecule has 1 saturated heterocycles. The Balaban J connectivity index is 1.48. The van der Waals surface area contributed by atoms with Crippen LogP contribution in [-0.2, 0) is 17.5 Å². The summed E-state index contributed by atoms with van der Waals surface area (Å²) < 4.78 is 56.2. The molecule has 3 aromatic rings. The number of carbonyl (C=O) groups excluding carboxylic acids is 1. The summed E-state index contributed by atoms with van der Waals surface area (Å²) in [4.78, 5) is 36.8. The number of hydrogen-bond donors (Lipinski definition) is 2. The number of alkyl halides is 3. The molecule has 2 N–H and O–H groups in total. The Morgan fingerprint density at radius 1 is 1.22 bits per heavy atom. The molecule has 7 nitrogen and oxygen atoms in total. The van der Waals surface area contributed by atoms with E-state index in [1.54, 1.807) is 6.07 Å². The van der Waals surface area contributed by atoms with Crippen LogP contribution < -0.4 is 15.8 Å². The van der Waals surface area contributed by atoms with Crippen LogP contribution in [0.25, 0.3) is 11.4 Å². The minimum atomic E-state index is -4.89. The van der Waals surface area contributed by atoms with E-state index in [1.165, 1.54) is 13.1 Å². The topological polar surface area (TPSA) is 91.0 Å². The molecule has 3 heterocycles. The lowest BCUT2D eigenvalue weighted by atomic mass is 9.95. The zero-order valence-electron chi connectivity index (χ0n) is 19.4. The molecule has 0 aliphatic carbocycles. The molecule has 0 spiro atoms. The van der Waals surface area contributed by atoms with Crippen LogP contribution in [0.15, 0.2) is 35.3 Å². The molecule has 1 aliphatic heterocycles. The molecule has 1 amide bonds. The summed E-state index contributed by atoms with van der Waals surface area (Å²) in [5.41, 5.74) is -2.91. The second-order valence-corrected chi connectivity index (χ2v) is 9.48. The standard InChI is InChI=1S/C24H21Cl2F4N5O2/c1-12-8-18(36)34-21(33-12)19-16(24(28,29)30)3-2-14(20(19)27)10-32-23(37)13-4-6-35(7-5-13)22-17(26)9-15(25)11-31-22/h2-3,8-9,11,13H,4-7,10H2,1H3,(H,32,37)(H,33,34,36). The van der Waals surface area contributed by atoms with E-state index < -0.39 is 34.5 Å². The summed E-state index contributed by atoms with van der Waals surface area (Å²) in [6.45, 7) is 2.07. The van der Waals surface area contributed by atoms with Crippen molar-refractivity contribution >= 4 is 34.9 Å². The molecule has 0 atom stereocenters. The number of H-pyrrole nitrogens is 1. The molecule has 0 unspecified atom stereocenters. The third kappa shape index (κ3) is 6.04. The van der Waals surface area contributed by atoms with E-state index in [9.17, 15) is 22.8 Å². The number of amides is 1. The van der Waals surface area contributed by atoms with Gasteiger partial charge in [0.2, 0.25) is 5.91 Å². The van der Waals surface area contributed by atoms with Gasteiger partial charge in [-0.3, -0.25) is 9.59 Å². The van der Waals surface area contributed by atoms with Crippen LogP contribution in [0.1, 0.15) is 29.7 Å². The number of nitrogens with zero attached hydrogens (tertiary/aromatic N) is 3. The number of nitrogens with one attached hydrogen (secondary N) is 2. The van der Waals surface area contributed by atoms with Crippen molar-refractivity contribution < 1.29 is 22.4 Å². The monoisotopic (exact) mass is 557 g/mol. The Kier molecular flexibility index (Phi) is 7.75. The lowest BCUT2D eigenvalue weighted by Gasteiger charge is -2.32. The van der Waals surface area contributed by atoms with Gasteiger partial charge < -0.3 is 15.2 Å². The predicted molar refractivity (Wildman–Crippen MR) is 131 cm³/mol. The van der Waals surface area contributed by atoms with E-state index in [-0.39, 0.29) is 29.6 Å². The maximum atomic E-state index is 15.4. The van der Waals surface area contributed by atoms with Crippen molar-refractivity contribution in [1.29, 1.82) is 0 Å². The first-order valence-electron chi connectivity index (χ1n) is 11.2. The maximum Gasteiger partial charge on any atom is 0.417 e. The minimum Gasteiger partial charge on any atom is -0.355 e. The first kappa shape index (κ1) is 26.9. The number of pyridine rings is 1. The first-order valence-corrected chi connectivity index (χ1v) is 12.0. The zero-order chi connectivity index (χ0) is 26.9. The summed E-state index contributed by atoms with van der Waals surface area (Å²) in [6.07, 6.45) is -2.46. The highest BCUT2D eigenvalue weighted by Crippen LogP contribution is 2.38. The molecule has 196 valence electrons. The van der Waals surface area contributed by atoms with Crippen molar-refractivity contribution in [1.82, 2.24) is 20.3 Å². The Morgan fingerprint density at radius 3 is 2.54 bits per heavy atom. The van der Waals surface area contributed by atoms with E-state index in [4.69, 9.17) is 23.2 Å². The normalized spacial score (nSPS) is 14.6. The van der Waals surface area contributed by atoms with E-state index >= 15 is 4.39 Å². The van der Waals surface area contributed by atoms with E-state index in [0.717, 1.165) is 12.1 Å². The van der Waals surface area contributed by atoms with Crippen molar-refractivity contribution in [2.24, 2.45) is 5.92 Å². The number of piperidine rings is 1. The highest BCUT2D eigenvalue weighted by molar-refractivity contribution is 6.36. The van der Waals surface area contributed by atoms with Crippen LogP contribution in [0.3, 0.4) is 0 Å². The van der Waals surface area contributed by atoms with Crippen LogP contribution in [0.4, 0.5) is 23.4 Å². The molecule has 4 rings (SSSR count). The molecule has 0 saturated carbocycles. The first-order chi connectivity index (χ1) is 17.4. The summed E-state index contributed by atoms with van der Waals surface area (Å²) in [5.74, 6) is -1.93. The summed E-state index contributed by atoms with van der Waals surface area (Å²) >= 11 is 12.1. The average Bonchev–Trinajstić information content (AvgIpc) is 2.82. The molecule has 0 radical (unpaired) electrons. The Bertz CT molecular complexity index is 1390. The van der Waals surface area contributed by atoms with Gasteiger partial charge in [-0.25, -0.2) is 14.4 Å². The number of aromatic nitrogens is 3. The average molecular weight is 558 g/mol. The fraction of sp³-hybridized carbons (Fsp3) is 0.333. The van der Waals surface area contributed by atoms with Crippen LogP contribution in [0, 0.1) is 18.7 Å². The lowest BCUT2D eigenvalue weighted by molar-refractivity contribution is -0.137. The quantitative estimate of drug-likeness (QED) is 0.424. The fourth-order valence-electron chi connectivity index (χ4n) is 4.24. The van der Waals surface area contributed by atoms with Gasteiger partial charge in [0.25, 0.3) is 5.56 Å². The number of rotatable bonds is 5. The molecule has 1 aromatic carbocycles. The van der Waals surface area contributed by atoms with Gasteiger partial charge in [-0.1, -0.05) is 29.3 Å². The Hall–Kier alpha value is -3.18. The Morgan fingerprint density at radius 2 is 1.92 bits per heavy atom. The van der Waals surface area contributed by atoms with Gasteiger partial charge in [-0.05, 0) is 31.9 Å². The molecular formula is C24H21Cl2F4N5O2. The molecule has 13 heteroatoms. The van der Waals surface area contributed by atoms with Gasteiger partial charge in [0, 0.05) is 49.1 Å². The molecule has 37 heavy (non-hydrogen) atoms. The molecule has 2 aromatic heterocycles. The number of aryl methyl sites for hydroxylation is 1. The van der Waals surface area contributed by atoms with Crippen molar-refractivity contribution in [3.05, 3.63) is 73.5 Å². The van der Waals surface area contributed by atoms with Gasteiger partial charge >= 0.3 is 6.18 Å². The third-order valence-electron chi connectivity index (χ3n) is 6.04. The number of benzene rings is 1. The van der Waals surface area contributed by atoms with Crippen molar-refractivity contribution in [3.8, 4) is 11.4 Å². The molecule has 0 bridgehead atoms. The van der Waals surface area contributed by atoms with Gasteiger partial charge in [0.1, 0.15) is 17.5 Å². The molecule has 1 aliphatic rings. The van der Waals surface area contributed by atoms with E-state index in [2.05, 4.69) is 20.3 Å². The molecular weight excluding hydrogens is 537 g/mol. The SMILES string of the molecule is Cc1cc(=O)[nH]c(-c2c(C(F)(F)F)ccc(CNC(=O)C3CCN(c4ncc(Cl)cc4Cl)CC3)c2F)n1. The second-order valence-electron chi connectivity index (χ2n) is 8.63. The minimum absolute atomic E-state index is 0.131. The van der Waals surface area contributed by atoms with Crippen molar-refractivity contribution in [2.75, 3.05) is 18.0 Å². The van der Waals surface area contributed by atoms with Crippen LogP contribution in [0.2, 0.25) is 10.0 Å². The summed E-state index contributed by atoms with van der Waals surface area (Å²) in [7, 11) is 0. The lowest BCUT2D eigenvalue weighted by Crippen LogP contribution is -2.40. The summed E-state index contributed by atoms with van der Waals surface area (Å²) in [5, 5.41) is 3.42. The Labute approximate surface area is 218 Å². The molecule has 1 fully saturated rings. The number of hydrogen-bond acceptors (Lipinski definition) is 5. The van der Waals surface area contributed by atoms with Crippen LogP contribution in [-0.4, -0.2) is 33.9 Å². The number of carbonyl (C=O) groups is 1. The van der Waals surface area contributed by atoms with Gasteiger partial charge in [0.05, 0.1) is 21.2 Å². The van der Waals surface area contributed by atoms with Gasteiger partial charge in [-0.15, -0.1) is 0 Å².